The molecule has 3 heteroatoms. The maximum absolute atomic E-state index is 5.66. The predicted octanol–water partition coefficient (Wildman–Crippen LogP) is 5.28. The van der Waals surface area contributed by atoms with Crippen LogP contribution in [0, 0.1) is 0 Å². The van der Waals surface area contributed by atoms with Gasteiger partial charge < -0.3 is 14.2 Å². The van der Waals surface area contributed by atoms with Gasteiger partial charge in [0.2, 0.25) is 0 Å². The minimum absolute atomic E-state index is 0.0479. The minimum atomic E-state index is 0.0479. The van der Waals surface area contributed by atoms with Crippen molar-refractivity contribution in [2.45, 2.75) is 46.6 Å². The number of hydrogen-bond donors (Lipinski definition) is 0. The van der Waals surface area contributed by atoms with E-state index in [9.17, 15) is 0 Å². The molecule has 0 saturated heterocycles. The Bertz CT molecular complexity index is 517. The summed E-state index contributed by atoms with van der Waals surface area (Å²) in [5.41, 5.74) is 4.53. The zero-order chi connectivity index (χ0) is 17.1. The van der Waals surface area contributed by atoms with E-state index < -0.39 is 0 Å². The van der Waals surface area contributed by atoms with Crippen LogP contribution in [-0.2, 0) is 14.2 Å². The molecule has 0 aliphatic carbocycles. The van der Waals surface area contributed by atoms with Gasteiger partial charge in [0, 0.05) is 7.11 Å². The molecule has 23 heavy (non-hydrogen) atoms. The van der Waals surface area contributed by atoms with Gasteiger partial charge in [-0.2, -0.15) is 0 Å². The van der Waals surface area contributed by atoms with Crippen molar-refractivity contribution >= 4 is 11.1 Å². The summed E-state index contributed by atoms with van der Waals surface area (Å²) in [4.78, 5) is 0. The van der Waals surface area contributed by atoms with Gasteiger partial charge in [0.05, 0.1) is 25.7 Å². The van der Waals surface area contributed by atoms with Crippen molar-refractivity contribution in [3.63, 3.8) is 0 Å². The van der Waals surface area contributed by atoms with Gasteiger partial charge in [-0.3, -0.25) is 0 Å². The average molecular weight is 318 g/mol. The van der Waals surface area contributed by atoms with Crippen LogP contribution in [0.2, 0.25) is 0 Å². The van der Waals surface area contributed by atoms with Crippen LogP contribution in [0.5, 0.6) is 0 Å². The number of allylic oxidation sites excluding steroid dienone is 2. The van der Waals surface area contributed by atoms with Gasteiger partial charge in [-0.15, -0.1) is 0 Å². The molecular weight excluding hydrogens is 288 g/mol. The minimum Gasteiger partial charge on any atom is -0.501 e. The maximum atomic E-state index is 5.66. The van der Waals surface area contributed by atoms with E-state index in [0.29, 0.717) is 6.61 Å². The molecule has 1 aromatic rings. The van der Waals surface area contributed by atoms with E-state index >= 15 is 0 Å². The van der Waals surface area contributed by atoms with Gasteiger partial charge in [-0.25, -0.2) is 0 Å². The molecule has 0 amide bonds. The summed E-state index contributed by atoms with van der Waals surface area (Å²) >= 11 is 0. The molecule has 128 valence electrons. The molecule has 0 radical (unpaired) electrons. The van der Waals surface area contributed by atoms with Crippen molar-refractivity contribution in [3.8, 4) is 0 Å². The largest absolute Gasteiger partial charge is 0.501 e. The predicted molar refractivity (Wildman–Crippen MR) is 97.0 cm³/mol. The quantitative estimate of drug-likeness (QED) is 0.434. The molecular formula is C20H30O3. The number of unbranched alkanes of at least 4 members (excludes halogenated alkanes) is 1. The van der Waals surface area contributed by atoms with Crippen LogP contribution in [0.25, 0.3) is 11.1 Å². The Balaban J connectivity index is 2.73. The molecule has 1 unspecified atom stereocenters. The first-order valence-electron chi connectivity index (χ1n) is 8.28. The second-order valence-corrected chi connectivity index (χ2v) is 5.81. The highest BCUT2D eigenvalue weighted by Crippen LogP contribution is 2.21. The molecule has 3 nitrogen and oxygen atoms in total. The van der Waals surface area contributed by atoms with E-state index in [-0.39, 0.29) is 6.10 Å². The fourth-order valence-corrected chi connectivity index (χ4v) is 2.05. The van der Waals surface area contributed by atoms with Gasteiger partial charge in [0.1, 0.15) is 6.10 Å². The summed E-state index contributed by atoms with van der Waals surface area (Å²) in [6, 6.07) is 8.40. The lowest BCUT2D eigenvalue weighted by atomic mass is 10.0. The number of methoxy groups -OCH3 is 1. The zero-order valence-corrected chi connectivity index (χ0v) is 15.1. The molecule has 0 spiro atoms. The standard InChI is InChI=1S/C20H30O3/c1-6-7-11-22-13-16(2)19-9-8-10-20(12-19)17(3)14-23-18(4)15-21-5/h8-10,12-14,18H,6-7,11,15H2,1-5H3/b16-13+,17-14+. The topological polar surface area (TPSA) is 27.7 Å². The van der Waals surface area contributed by atoms with E-state index in [2.05, 4.69) is 45.0 Å². The molecule has 0 aromatic heterocycles. The smallest absolute Gasteiger partial charge is 0.118 e. The highest BCUT2D eigenvalue weighted by atomic mass is 16.5. The number of hydrogen-bond acceptors (Lipinski definition) is 3. The normalized spacial score (nSPS) is 13.8. The molecule has 0 heterocycles. The lowest BCUT2D eigenvalue weighted by molar-refractivity contribution is 0.0638. The van der Waals surface area contributed by atoms with Crippen LogP contribution < -0.4 is 0 Å². The molecule has 1 rings (SSSR count). The Morgan fingerprint density at radius 2 is 1.78 bits per heavy atom. The van der Waals surface area contributed by atoms with Crippen LogP contribution >= 0.6 is 0 Å². The SMILES string of the molecule is CCCCO/C=C(\C)c1cccc(/C(C)=C/OC(C)COC)c1. The van der Waals surface area contributed by atoms with Gasteiger partial charge in [-0.1, -0.05) is 31.5 Å². The summed E-state index contributed by atoms with van der Waals surface area (Å²) in [5, 5.41) is 0. The van der Waals surface area contributed by atoms with Crippen LogP contribution in [0.1, 0.15) is 51.7 Å². The summed E-state index contributed by atoms with van der Waals surface area (Å²) in [6.45, 7) is 9.63. The van der Waals surface area contributed by atoms with E-state index in [4.69, 9.17) is 14.2 Å². The van der Waals surface area contributed by atoms with Gasteiger partial charge in [0.15, 0.2) is 0 Å². The van der Waals surface area contributed by atoms with Gasteiger partial charge in [-0.05, 0) is 55.5 Å². The summed E-state index contributed by atoms with van der Waals surface area (Å²) < 4.78 is 16.3. The highest BCUT2D eigenvalue weighted by molar-refractivity contribution is 5.70. The van der Waals surface area contributed by atoms with Crippen LogP contribution in [0.15, 0.2) is 36.8 Å². The molecule has 0 saturated carbocycles. The monoisotopic (exact) mass is 318 g/mol. The lowest BCUT2D eigenvalue weighted by Gasteiger charge is -2.12. The number of rotatable bonds is 10. The van der Waals surface area contributed by atoms with Crippen molar-refractivity contribution in [2.75, 3.05) is 20.3 Å². The lowest BCUT2D eigenvalue weighted by Crippen LogP contribution is -2.11. The third-order valence-electron chi connectivity index (χ3n) is 3.53. The van der Waals surface area contributed by atoms with E-state index in [0.717, 1.165) is 41.7 Å². The van der Waals surface area contributed by atoms with E-state index in [1.807, 2.05) is 13.2 Å². The third-order valence-corrected chi connectivity index (χ3v) is 3.53. The fourth-order valence-electron chi connectivity index (χ4n) is 2.05. The van der Waals surface area contributed by atoms with Crippen LogP contribution in [0.4, 0.5) is 0 Å². The Labute approximate surface area is 141 Å². The first-order valence-corrected chi connectivity index (χ1v) is 8.28. The molecule has 1 aromatic carbocycles. The van der Waals surface area contributed by atoms with Gasteiger partial charge >= 0.3 is 0 Å². The van der Waals surface area contributed by atoms with Gasteiger partial charge in [0.25, 0.3) is 0 Å². The number of benzene rings is 1. The van der Waals surface area contributed by atoms with Crippen molar-refractivity contribution < 1.29 is 14.2 Å². The summed E-state index contributed by atoms with van der Waals surface area (Å²) in [5.74, 6) is 0. The van der Waals surface area contributed by atoms with Crippen molar-refractivity contribution in [1.82, 2.24) is 0 Å². The summed E-state index contributed by atoms with van der Waals surface area (Å²) in [7, 11) is 1.68. The van der Waals surface area contributed by atoms with Crippen LogP contribution in [-0.4, -0.2) is 26.4 Å². The van der Waals surface area contributed by atoms with Crippen molar-refractivity contribution in [3.05, 3.63) is 47.9 Å². The molecule has 0 fully saturated rings. The Morgan fingerprint density at radius 3 is 2.39 bits per heavy atom. The Hall–Kier alpha value is -1.74. The van der Waals surface area contributed by atoms with Crippen molar-refractivity contribution in [1.29, 1.82) is 0 Å². The van der Waals surface area contributed by atoms with E-state index in [1.165, 1.54) is 0 Å². The molecule has 0 aliphatic heterocycles. The van der Waals surface area contributed by atoms with Crippen LogP contribution in [0.3, 0.4) is 0 Å². The molecule has 0 aliphatic rings. The summed E-state index contributed by atoms with van der Waals surface area (Å²) in [6.07, 6.45) is 5.94. The molecule has 0 bridgehead atoms. The Morgan fingerprint density at radius 1 is 1.13 bits per heavy atom. The Kier molecular flexibility index (Phi) is 9.15. The second kappa shape index (κ2) is 10.9. The maximum Gasteiger partial charge on any atom is 0.118 e. The average Bonchev–Trinajstić information content (AvgIpc) is 2.56. The zero-order valence-electron chi connectivity index (χ0n) is 15.1. The number of ether oxygens (including phenoxy) is 3. The first kappa shape index (κ1) is 19.3. The molecule has 1 atom stereocenters. The second-order valence-electron chi connectivity index (χ2n) is 5.81. The highest BCUT2D eigenvalue weighted by Gasteiger charge is 2.03. The van der Waals surface area contributed by atoms with E-state index in [1.54, 1.807) is 13.4 Å². The first-order chi connectivity index (χ1) is 11.1. The van der Waals surface area contributed by atoms with Crippen molar-refractivity contribution in [2.24, 2.45) is 0 Å². The third kappa shape index (κ3) is 7.38. The molecule has 0 N–H and O–H groups in total. The fraction of sp³-hybridized carbons (Fsp3) is 0.500.